The zero-order valence-electron chi connectivity index (χ0n) is 17.9. The molecule has 1 heterocycles. The summed E-state index contributed by atoms with van der Waals surface area (Å²) in [7, 11) is 3.05. The molecule has 1 aliphatic heterocycles. The van der Waals surface area contributed by atoms with E-state index in [1.54, 1.807) is 49.6 Å². The topological polar surface area (TPSA) is 84.9 Å². The van der Waals surface area contributed by atoms with Crippen LogP contribution in [0.4, 0.5) is 11.4 Å². The average molecular weight is 422 g/mol. The number of amides is 3. The van der Waals surface area contributed by atoms with Crippen LogP contribution in [0.15, 0.2) is 42.5 Å². The Labute approximate surface area is 181 Å². The molecular formula is C24H26N2O5. The molecular weight excluding hydrogens is 396 g/mol. The number of anilines is 2. The van der Waals surface area contributed by atoms with Gasteiger partial charge in [0.25, 0.3) is 5.91 Å². The van der Waals surface area contributed by atoms with Gasteiger partial charge in [0.15, 0.2) is 0 Å². The molecule has 2 aliphatic rings. The first-order valence-electron chi connectivity index (χ1n) is 10.4. The Morgan fingerprint density at radius 1 is 1.00 bits per heavy atom. The fourth-order valence-corrected chi connectivity index (χ4v) is 4.58. The van der Waals surface area contributed by atoms with E-state index in [0.717, 1.165) is 6.42 Å². The summed E-state index contributed by atoms with van der Waals surface area (Å²) >= 11 is 0. The van der Waals surface area contributed by atoms with Gasteiger partial charge in [0.1, 0.15) is 11.5 Å². The first-order valence-corrected chi connectivity index (χ1v) is 10.4. The summed E-state index contributed by atoms with van der Waals surface area (Å²) in [4.78, 5) is 40.6. The second-order valence-electron chi connectivity index (χ2n) is 8.18. The van der Waals surface area contributed by atoms with Gasteiger partial charge < -0.3 is 14.8 Å². The van der Waals surface area contributed by atoms with Crippen molar-refractivity contribution in [3.8, 4) is 11.5 Å². The molecule has 0 radical (unpaired) electrons. The highest BCUT2D eigenvalue weighted by Crippen LogP contribution is 2.43. The van der Waals surface area contributed by atoms with Crippen LogP contribution in [0.2, 0.25) is 0 Å². The molecule has 3 atom stereocenters. The zero-order valence-corrected chi connectivity index (χ0v) is 17.9. The molecule has 2 aromatic rings. The van der Waals surface area contributed by atoms with Crippen LogP contribution in [-0.2, 0) is 9.59 Å². The van der Waals surface area contributed by atoms with E-state index in [9.17, 15) is 14.4 Å². The number of benzene rings is 2. The number of ether oxygens (including phenoxy) is 2. The van der Waals surface area contributed by atoms with E-state index in [4.69, 9.17) is 9.47 Å². The normalized spacial score (nSPS) is 22.8. The molecule has 1 saturated carbocycles. The number of nitrogens with one attached hydrogen (secondary N) is 1. The first kappa shape index (κ1) is 20.9. The molecule has 0 bridgehead atoms. The molecule has 0 unspecified atom stereocenters. The van der Waals surface area contributed by atoms with Gasteiger partial charge in [0.05, 0.1) is 43.0 Å². The number of carbonyl (C=O) groups excluding carboxylic acids is 3. The van der Waals surface area contributed by atoms with Crippen LogP contribution in [0.25, 0.3) is 0 Å². The number of nitrogens with zero attached hydrogens (tertiary/aromatic N) is 1. The van der Waals surface area contributed by atoms with Gasteiger partial charge >= 0.3 is 0 Å². The molecule has 1 aliphatic carbocycles. The fourth-order valence-electron chi connectivity index (χ4n) is 4.58. The number of methoxy groups -OCH3 is 2. The Kier molecular flexibility index (Phi) is 5.67. The number of hydrogen-bond acceptors (Lipinski definition) is 5. The fraction of sp³-hybridized carbons (Fsp3) is 0.375. The van der Waals surface area contributed by atoms with E-state index in [-0.39, 0.29) is 29.2 Å². The number of imide groups is 1. The molecule has 31 heavy (non-hydrogen) atoms. The lowest BCUT2D eigenvalue weighted by molar-refractivity contribution is -0.122. The number of carbonyl (C=O) groups is 3. The molecule has 2 fully saturated rings. The summed E-state index contributed by atoms with van der Waals surface area (Å²) in [6.07, 6.45) is 2.36. The lowest BCUT2D eigenvalue weighted by Crippen LogP contribution is -2.33. The maximum Gasteiger partial charge on any atom is 0.257 e. The Hall–Kier alpha value is -3.35. The number of hydrogen-bond donors (Lipinski definition) is 1. The van der Waals surface area contributed by atoms with Crippen molar-refractivity contribution >= 4 is 29.1 Å². The van der Waals surface area contributed by atoms with Gasteiger partial charge in [0.2, 0.25) is 11.8 Å². The zero-order chi connectivity index (χ0) is 22.1. The molecule has 1 saturated heterocycles. The maximum atomic E-state index is 13.1. The molecule has 4 rings (SSSR count). The lowest BCUT2D eigenvalue weighted by Gasteiger charge is -2.25. The van der Waals surface area contributed by atoms with Gasteiger partial charge in [-0.2, -0.15) is 0 Å². The standard InChI is InChI=1S/C24H26N2O5/c1-14-8-10-16-18(12-14)24(29)26(23(16)28)20-7-5-4-6-17(20)22(27)25-19-11-9-15(30-2)13-21(19)31-3/h4-7,9,11,13-14,16,18H,8,10,12H2,1-3H3,(H,25,27)/t14-,16+,18-/m0/s1. The summed E-state index contributed by atoms with van der Waals surface area (Å²) in [6, 6.07) is 11.8. The van der Waals surface area contributed by atoms with Crippen molar-refractivity contribution < 1.29 is 23.9 Å². The molecule has 0 spiro atoms. The van der Waals surface area contributed by atoms with E-state index in [2.05, 4.69) is 12.2 Å². The third-order valence-corrected chi connectivity index (χ3v) is 6.23. The Bertz CT molecular complexity index is 1030. The van der Waals surface area contributed by atoms with Gasteiger partial charge in [-0.3, -0.25) is 14.4 Å². The molecule has 7 heteroatoms. The summed E-state index contributed by atoms with van der Waals surface area (Å²) < 4.78 is 10.5. The SMILES string of the molecule is COc1ccc(NC(=O)c2ccccc2N2C(=O)[C@H]3C[C@@H](C)CC[C@H]3C2=O)c(OC)c1. The monoisotopic (exact) mass is 422 g/mol. The second-order valence-corrected chi connectivity index (χ2v) is 8.18. The van der Waals surface area contributed by atoms with Gasteiger partial charge in [0, 0.05) is 6.07 Å². The molecule has 1 N–H and O–H groups in total. The molecule has 3 amide bonds. The van der Waals surface area contributed by atoms with Crippen molar-refractivity contribution in [2.45, 2.75) is 26.2 Å². The minimum absolute atomic E-state index is 0.204. The maximum absolute atomic E-state index is 13.1. The lowest BCUT2D eigenvalue weighted by atomic mass is 9.76. The third kappa shape index (κ3) is 3.76. The van der Waals surface area contributed by atoms with Gasteiger partial charge in [-0.15, -0.1) is 0 Å². The van der Waals surface area contributed by atoms with E-state index >= 15 is 0 Å². The van der Waals surface area contributed by atoms with Crippen molar-refractivity contribution in [2.24, 2.45) is 17.8 Å². The highest BCUT2D eigenvalue weighted by Gasteiger charge is 2.50. The largest absolute Gasteiger partial charge is 0.497 e. The van der Waals surface area contributed by atoms with Crippen molar-refractivity contribution in [3.63, 3.8) is 0 Å². The number of fused-ring (bicyclic) bond motifs is 1. The van der Waals surface area contributed by atoms with E-state index in [1.807, 2.05) is 0 Å². The number of rotatable bonds is 5. The minimum Gasteiger partial charge on any atom is -0.497 e. The van der Waals surface area contributed by atoms with E-state index in [1.165, 1.54) is 12.0 Å². The Balaban J connectivity index is 1.64. The molecule has 7 nitrogen and oxygen atoms in total. The molecule has 2 aromatic carbocycles. The molecule has 0 aromatic heterocycles. The van der Waals surface area contributed by atoms with E-state index < -0.39 is 5.91 Å². The highest BCUT2D eigenvalue weighted by atomic mass is 16.5. The van der Waals surface area contributed by atoms with Crippen LogP contribution < -0.4 is 19.7 Å². The van der Waals surface area contributed by atoms with Crippen LogP contribution in [-0.4, -0.2) is 31.9 Å². The van der Waals surface area contributed by atoms with Crippen molar-refractivity contribution in [2.75, 3.05) is 24.4 Å². The first-order chi connectivity index (χ1) is 14.9. The molecule has 162 valence electrons. The van der Waals surface area contributed by atoms with Gasteiger partial charge in [-0.1, -0.05) is 19.1 Å². The summed E-state index contributed by atoms with van der Waals surface area (Å²) in [5, 5.41) is 2.82. The van der Waals surface area contributed by atoms with Crippen molar-refractivity contribution in [3.05, 3.63) is 48.0 Å². The van der Waals surface area contributed by atoms with Crippen LogP contribution in [0.1, 0.15) is 36.5 Å². The Morgan fingerprint density at radius 3 is 2.48 bits per heavy atom. The van der Waals surface area contributed by atoms with Gasteiger partial charge in [-0.05, 0) is 49.4 Å². The third-order valence-electron chi connectivity index (χ3n) is 6.23. The van der Waals surface area contributed by atoms with Crippen LogP contribution in [0.5, 0.6) is 11.5 Å². The highest BCUT2D eigenvalue weighted by molar-refractivity contribution is 6.24. The van der Waals surface area contributed by atoms with Crippen LogP contribution in [0.3, 0.4) is 0 Å². The van der Waals surface area contributed by atoms with Crippen molar-refractivity contribution in [1.82, 2.24) is 0 Å². The Morgan fingerprint density at radius 2 is 1.74 bits per heavy atom. The summed E-state index contributed by atoms with van der Waals surface area (Å²) in [5.74, 6) is 0.0318. The number of para-hydroxylation sites is 1. The summed E-state index contributed by atoms with van der Waals surface area (Å²) in [6.45, 7) is 2.11. The van der Waals surface area contributed by atoms with Crippen LogP contribution >= 0.6 is 0 Å². The predicted molar refractivity (Wildman–Crippen MR) is 116 cm³/mol. The second kappa shape index (κ2) is 8.41. The quantitative estimate of drug-likeness (QED) is 0.739. The van der Waals surface area contributed by atoms with Crippen molar-refractivity contribution in [1.29, 1.82) is 0 Å². The minimum atomic E-state index is -0.428. The van der Waals surface area contributed by atoms with Crippen LogP contribution in [0, 0.1) is 17.8 Å². The van der Waals surface area contributed by atoms with E-state index in [0.29, 0.717) is 41.6 Å². The van der Waals surface area contributed by atoms with Gasteiger partial charge in [-0.25, -0.2) is 4.90 Å². The predicted octanol–water partition coefficient (Wildman–Crippen LogP) is 3.88. The summed E-state index contributed by atoms with van der Waals surface area (Å²) in [5.41, 5.74) is 1.04. The average Bonchev–Trinajstić information content (AvgIpc) is 3.03. The smallest absolute Gasteiger partial charge is 0.257 e.